The van der Waals surface area contributed by atoms with Crippen LogP contribution in [-0.4, -0.2) is 72.3 Å². The Morgan fingerprint density at radius 1 is 0.973 bits per heavy atom. The predicted octanol–water partition coefficient (Wildman–Crippen LogP) is 4.70. The molecular formula is C28H39ClN4O3S. The van der Waals surface area contributed by atoms with Crippen LogP contribution in [0.5, 0.6) is 0 Å². The number of piperidine rings is 2. The van der Waals surface area contributed by atoms with Crippen LogP contribution in [0.25, 0.3) is 0 Å². The van der Waals surface area contributed by atoms with Gasteiger partial charge in [-0.05, 0) is 88.3 Å². The average molecular weight is 547 g/mol. The molecule has 37 heavy (non-hydrogen) atoms. The van der Waals surface area contributed by atoms with Crippen molar-refractivity contribution in [2.24, 2.45) is 5.92 Å². The SMILES string of the molecule is Cc1cccc(Cl)c1S(=O)(=O)N1CCn2cccc2C1CC(=O)N1CCC(CCN2CCCCC2)CC1. The van der Waals surface area contributed by atoms with Crippen molar-refractivity contribution in [2.45, 2.75) is 69.4 Å². The summed E-state index contributed by atoms with van der Waals surface area (Å²) in [6, 6.07) is 8.46. The van der Waals surface area contributed by atoms with Crippen molar-refractivity contribution in [1.82, 2.24) is 18.7 Å². The van der Waals surface area contributed by atoms with Crippen LogP contribution in [0.2, 0.25) is 5.02 Å². The number of likely N-dealkylation sites (tertiary alicyclic amines) is 2. The monoisotopic (exact) mass is 546 g/mol. The van der Waals surface area contributed by atoms with E-state index in [0.717, 1.165) is 31.6 Å². The maximum atomic E-state index is 13.9. The van der Waals surface area contributed by atoms with Gasteiger partial charge < -0.3 is 14.4 Å². The van der Waals surface area contributed by atoms with Gasteiger partial charge in [0.05, 0.1) is 11.1 Å². The zero-order valence-corrected chi connectivity index (χ0v) is 23.4. The number of halogens is 1. The number of fused-ring (bicyclic) bond motifs is 1. The summed E-state index contributed by atoms with van der Waals surface area (Å²) in [4.78, 5) is 18.2. The van der Waals surface area contributed by atoms with E-state index in [1.807, 2.05) is 23.2 Å². The van der Waals surface area contributed by atoms with E-state index in [1.165, 1.54) is 49.6 Å². The third-order valence-corrected chi connectivity index (χ3v) is 11.0. The van der Waals surface area contributed by atoms with Gasteiger partial charge in [0.1, 0.15) is 4.90 Å². The second-order valence-electron chi connectivity index (χ2n) is 10.9. The molecule has 0 saturated carbocycles. The van der Waals surface area contributed by atoms with Crippen molar-refractivity contribution in [1.29, 1.82) is 0 Å². The highest BCUT2D eigenvalue weighted by atomic mass is 35.5. The van der Waals surface area contributed by atoms with Gasteiger partial charge in [0.15, 0.2) is 0 Å². The fraction of sp³-hybridized carbons (Fsp3) is 0.607. The molecule has 2 fully saturated rings. The van der Waals surface area contributed by atoms with Crippen molar-refractivity contribution in [3.63, 3.8) is 0 Å². The van der Waals surface area contributed by atoms with Crippen LogP contribution in [0.15, 0.2) is 41.4 Å². The summed E-state index contributed by atoms with van der Waals surface area (Å²) in [5.41, 5.74) is 1.48. The third kappa shape index (κ3) is 5.77. The lowest BCUT2D eigenvalue weighted by Crippen LogP contribution is -2.46. The van der Waals surface area contributed by atoms with Gasteiger partial charge in [-0.15, -0.1) is 0 Å². The highest BCUT2D eigenvalue weighted by Gasteiger charge is 2.40. The number of aromatic nitrogens is 1. The Labute approximate surface area is 226 Å². The van der Waals surface area contributed by atoms with Gasteiger partial charge in [-0.2, -0.15) is 4.31 Å². The second kappa shape index (κ2) is 11.5. The van der Waals surface area contributed by atoms with Crippen molar-refractivity contribution in [3.05, 3.63) is 52.8 Å². The van der Waals surface area contributed by atoms with E-state index in [9.17, 15) is 13.2 Å². The zero-order valence-electron chi connectivity index (χ0n) is 21.8. The van der Waals surface area contributed by atoms with Crippen molar-refractivity contribution < 1.29 is 13.2 Å². The predicted molar refractivity (Wildman–Crippen MR) is 146 cm³/mol. The van der Waals surface area contributed by atoms with Crippen LogP contribution in [0.4, 0.5) is 0 Å². The molecule has 3 aliphatic heterocycles. The molecule has 202 valence electrons. The highest BCUT2D eigenvalue weighted by Crippen LogP contribution is 2.37. The summed E-state index contributed by atoms with van der Waals surface area (Å²) in [6.45, 7) is 7.78. The third-order valence-electron chi connectivity index (χ3n) is 8.48. The van der Waals surface area contributed by atoms with Crippen molar-refractivity contribution in [3.8, 4) is 0 Å². The summed E-state index contributed by atoms with van der Waals surface area (Å²) in [5, 5.41) is 0.220. The minimum absolute atomic E-state index is 0.0326. The van der Waals surface area contributed by atoms with Crippen molar-refractivity contribution >= 4 is 27.5 Å². The fourth-order valence-corrected chi connectivity index (χ4v) is 8.69. The Morgan fingerprint density at radius 3 is 2.46 bits per heavy atom. The molecule has 0 radical (unpaired) electrons. The topological polar surface area (TPSA) is 65.9 Å². The van der Waals surface area contributed by atoms with Crippen LogP contribution in [0.1, 0.15) is 62.2 Å². The van der Waals surface area contributed by atoms with E-state index in [4.69, 9.17) is 11.6 Å². The maximum absolute atomic E-state index is 13.9. The lowest BCUT2D eigenvalue weighted by Gasteiger charge is -2.38. The smallest absolute Gasteiger partial charge is 0.245 e. The lowest BCUT2D eigenvalue weighted by atomic mass is 9.92. The molecule has 1 aromatic carbocycles. The second-order valence-corrected chi connectivity index (χ2v) is 13.1. The van der Waals surface area contributed by atoms with Crippen LogP contribution >= 0.6 is 11.6 Å². The van der Waals surface area contributed by atoms with Crippen LogP contribution < -0.4 is 0 Å². The average Bonchev–Trinajstić information content (AvgIpc) is 3.38. The molecular weight excluding hydrogens is 508 g/mol. The molecule has 1 amide bonds. The molecule has 7 nitrogen and oxygen atoms in total. The van der Waals surface area contributed by atoms with Gasteiger partial charge in [-0.1, -0.05) is 30.2 Å². The molecule has 5 rings (SSSR count). The van der Waals surface area contributed by atoms with E-state index in [-0.39, 0.29) is 22.2 Å². The number of hydrogen-bond acceptors (Lipinski definition) is 4. The first kappa shape index (κ1) is 26.7. The summed E-state index contributed by atoms with van der Waals surface area (Å²) in [6.07, 6.45) is 9.38. The first-order valence-electron chi connectivity index (χ1n) is 13.8. The minimum atomic E-state index is -3.88. The quantitative estimate of drug-likeness (QED) is 0.505. The first-order valence-corrected chi connectivity index (χ1v) is 15.6. The molecule has 4 heterocycles. The van der Waals surface area contributed by atoms with Crippen LogP contribution in [0.3, 0.4) is 0 Å². The number of amides is 1. The minimum Gasteiger partial charge on any atom is -0.349 e. The Hall–Kier alpha value is -1.87. The van der Waals surface area contributed by atoms with E-state index in [0.29, 0.717) is 24.6 Å². The molecule has 0 aliphatic carbocycles. The summed E-state index contributed by atoms with van der Waals surface area (Å²) in [5.74, 6) is 0.697. The number of sulfonamides is 1. The highest BCUT2D eigenvalue weighted by molar-refractivity contribution is 7.89. The number of carbonyl (C=O) groups excluding carboxylic acids is 1. The largest absolute Gasteiger partial charge is 0.349 e. The Balaban J connectivity index is 1.26. The summed E-state index contributed by atoms with van der Waals surface area (Å²) >= 11 is 6.39. The van der Waals surface area contributed by atoms with Crippen LogP contribution in [-0.2, 0) is 21.4 Å². The van der Waals surface area contributed by atoms with Gasteiger partial charge in [0, 0.05) is 44.5 Å². The van der Waals surface area contributed by atoms with Crippen molar-refractivity contribution in [2.75, 3.05) is 39.3 Å². The Morgan fingerprint density at radius 2 is 1.73 bits per heavy atom. The maximum Gasteiger partial charge on any atom is 0.245 e. The molecule has 0 N–H and O–H groups in total. The molecule has 9 heteroatoms. The summed E-state index contributed by atoms with van der Waals surface area (Å²) in [7, 11) is -3.88. The van der Waals surface area contributed by atoms with Gasteiger partial charge >= 0.3 is 0 Å². The Kier molecular flexibility index (Phi) is 8.29. The number of carbonyl (C=O) groups is 1. The normalized spacial score (nSPS) is 22.2. The molecule has 3 aliphatic rings. The van der Waals surface area contributed by atoms with E-state index >= 15 is 0 Å². The molecule has 1 unspecified atom stereocenters. The number of benzene rings is 1. The van der Waals surface area contributed by atoms with Crippen LogP contribution in [0, 0.1) is 12.8 Å². The molecule has 2 saturated heterocycles. The number of hydrogen-bond donors (Lipinski definition) is 0. The van der Waals surface area contributed by atoms with E-state index in [2.05, 4.69) is 9.47 Å². The van der Waals surface area contributed by atoms with Gasteiger partial charge in [-0.3, -0.25) is 4.79 Å². The Bertz CT molecular complexity index is 1180. The molecule has 2 aromatic rings. The fourth-order valence-electron chi connectivity index (χ4n) is 6.31. The zero-order chi connectivity index (χ0) is 26.0. The number of nitrogens with zero attached hydrogens (tertiary/aromatic N) is 4. The number of rotatable bonds is 7. The van der Waals surface area contributed by atoms with E-state index < -0.39 is 16.1 Å². The lowest BCUT2D eigenvalue weighted by molar-refractivity contribution is -0.133. The molecule has 1 atom stereocenters. The molecule has 0 bridgehead atoms. The summed E-state index contributed by atoms with van der Waals surface area (Å²) < 4.78 is 31.3. The number of aryl methyl sites for hydroxylation is 1. The van der Waals surface area contributed by atoms with Gasteiger partial charge in [0.25, 0.3) is 0 Å². The molecule has 1 aromatic heterocycles. The first-order chi connectivity index (χ1) is 17.8. The standard InChI is InChI=1S/C28H39ClN4O3S/c1-22-7-5-8-24(29)28(22)37(35,36)33-20-19-31-15-6-9-25(31)26(33)21-27(34)32-17-11-23(12-18-32)10-16-30-13-3-2-4-14-30/h5-9,15,23,26H,2-4,10-14,16-21H2,1H3. The van der Waals surface area contributed by atoms with E-state index in [1.54, 1.807) is 25.1 Å². The van der Waals surface area contributed by atoms with Gasteiger partial charge in [0.2, 0.25) is 15.9 Å². The molecule has 0 spiro atoms. The van der Waals surface area contributed by atoms with Gasteiger partial charge in [-0.25, -0.2) is 8.42 Å².